The highest BCUT2D eigenvalue weighted by atomic mass is 16.1. The first kappa shape index (κ1) is 13.6. The second-order valence-corrected chi connectivity index (χ2v) is 5.13. The Kier molecular flexibility index (Phi) is 4.20. The Morgan fingerprint density at radius 1 is 1.11 bits per heavy atom. The minimum atomic E-state index is 0.0871. The van der Waals surface area contributed by atoms with Gasteiger partial charge in [0.05, 0.1) is 6.54 Å². The first-order chi connectivity index (χ1) is 9.13. The minimum absolute atomic E-state index is 0.0871. The maximum absolute atomic E-state index is 12.0. The van der Waals surface area contributed by atoms with Crippen molar-refractivity contribution in [1.29, 1.82) is 0 Å². The fourth-order valence-corrected chi connectivity index (χ4v) is 2.22. The molecule has 0 aliphatic carbocycles. The van der Waals surface area contributed by atoms with E-state index in [0.717, 1.165) is 12.2 Å². The zero-order valence-corrected chi connectivity index (χ0v) is 11.9. The lowest BCUT2D eigenvalue weighted by Gasteiger charge is -2.24. The van der Waals surface area contributed by atoms with Crippen molar-refractivity contribution < 1.29 is 4.79 Å². The molecule has 0 radical (unpaired) electrons. The van der Waals surface area contributed by atoms with Crippen LogP contribution in [0.25, 0.3) is 10.8 Å². The van der Waals surface area contributed by atoms with E-state index in [1.807, 2.05) is 26.0 Å². The molecule has 2 heteroatoms. The number of Topliss-reactive ketones (excluding diaryl/α,β-unsaturated/α-hetero) is 1. The number of ketones is 1. The zero-order chi connectivity index (χ0) is 13.8. The molecular weight excluding hydrogens is 234 g/mol. The van der Waals surface area contributed by atoms with Gasteiger partial charge in [-0.25, -0.2) is 0 Å². The molecule has 0 fully saturated rings. The number of fused-ring (bicyclic) bond motifs is 1. The molecule has 2 nitrogen and oxygen atoms in total. The van der Waals surface area contributed by atoms with Gasteiger partial charge < -0.3 is 4.90 Å². The zero-order valence-electron chi connectivity index (χ0n) is 11.9. The fourth-order valence-electron chi connectivity index (χ4n) is 2.22. The monoisotopic (exact) mass is 255 g/mol. The van der Waals surface area contributed by atoms with Gasteiger partial charge in [0.2, 0.25) is 0 Å². The number of anilines is 1. The molecule has 0 saturated heterocycles. The van der Waals surface area contributed by atoms with Crippen molar-refractivity contribution >= 4 is 22.2 Å². The van der Waals surface area contributed by atoms with Crippen LogP contribution in [0, 0.1) is 5.92 Å². The summed E-state index contributed by atoms with van der Waals surface area (Å²) in [5.41, 5.74) is 1.15. The van der Waals surface area contributed by atoms with Crippen molar-refractivity contribution in [2.45, 2.75) is 20.8 Å². The molecule has 0 amide bonds. The Morgan fingerprint density at radius 3 is 2.47 bits per heavy atom. The molecule has 0 aromatic heterocycles. The minimum Gasteiger partial charge on any atom is -0.364 e. The molecule has 2 rings (SSSR count). The Bertz CT molecular complexity index is 569. The summed E-state index contributed by atoms with van der Waals surface area (Å²) in [7, 11) is 0. The molecule has 0 saturated carbocycles. The summed E-state index contributed by atoms with van der Waals surface area (Å²) in [6.45, 7) is 7.34. The predicted octanol–water partition coefficient (Wildman–Crippen LogP) is 3.89. The highest BCUT2D eigenvalue weighted by Crippen LogP contribution is 2.26. The number of nitrogens with zero attached hydrogens (tertiary/aromatic N) is 1. The third-order valence-corrected chi connectivity index (χ3v) is 3.48. The van der Waals surface area contributed by atoms with E-state index in [9.17, 15) is 4.79 Å². The van der Waals surface area contributed by atoms with Crippen molar-refractivity contribution in [2.24, 2.45) is 5.92 Å². The molecule has 0 unspecified atom stereocenters. The van der Waals surface area contributed by atoms with E-state index in [-0.39, 0.29) is 11.7 Å². The molecule has 19 heavy (non-hydrogen) atoms. The second-order valence-electron chi connectivity index (χ2n) is 5.13. The lowest BCUT2D eigenvalue weighted by Crippen LogP contribution is -2.31. The topological polar surface area (TPSA) is 20.3 Å². The molecule has 0 heterocycles. The molecule has 100 valence electrons. The standard InChI is InChI=1S/C17H21NO/c1-4-18(12-17(19)13(2)3)16-11-7-9-14-8-5-6-10-15(14)16/h5-11,13H,4,12H2,1-3H3. The third-order valence-electron chi connectivity index (χ3n) is 3.48. The van der Waals surface area contributed by atoms with Crippen molar-refractivity contribution in [3.8, 4) is 0 Å². The normalized spacial score (nSPS) is 10.9. The van der Waals surface area contributed by atoms with Crippen LogP contribution in [0.15, 0.2) is 42.5 Å². The Hall–Kier alpha value is -1.83. The number of likely N-dealkylation sites (N-methyl/N-ethyl adjacent to an activating group) is 1. The summed E-state index contributed by atoms with van der Waals surface area (Å²) >= 11 is 0. The van der Waals surface area contributed by atoms with Gasteiger partial charge in [-0.1, -0.05) is 50.2 Å². The molecule has 0 spiro atoms. The molecule has 0 atom stereocenters. The van der Waals surface area contributed by atoms with E-state index in [1.54, 1.807) is 0 Å². The van der Waals surface area contributed by atoms with Crippen LogP contribution in [0.3, 0.4) is 0 Å². The smallest absolute Gasteiger partial charge is 0.154 e. The largest absolute Gasteiger partial charge is 0.364 e. The van der Waals surface area contributed by atoms with E-state index < -0.39 is 0 Å². The summed E-state index contributed by atoms with van der Waals surface area (Å²) in [6.07, 6.45) is 0. The summed E-state index contributed by atoms with van der Waals surface area (Å²) in [5, 5.41) is 2.43. The molecule has 0 N–H and O–H groups in total. The van der Waals surface area contributed by atoms with Gasteiger partial charge in [-0.05, 0) is 18.4 Å². The van der Waals surface area contributed by atoms with Gasteiger partial charge in [-0.15, -0.1) is 0 Å². The van der Waals surface area contributed by atoms with Gasteiger partial charge in [0.15, 0.2) is 5.78 Å². The number of benzene rings is 2. The van der Waals surface area contributed by atoms with E-state index in [1.165, 1.54) is 10.8 Å². The van der Waals surface area contributed by atoms with Crippen LogP contribution in [0.1, 0.15) is 20.8 Å². The fraction of sp³-hybridized carbons (Fsp3) is 0.353. The Morgan fingerprint density at radius 2 is 1.79 bits per heavy atom. The van der Waals surface area contributed by atoms with Crippen LogP contribution in [0.2, 0.25) is 0 Å². The molecular formula is C17H21NO. The number of carbonyl (C=O) groups is 1. The highest BCUT2D eigenvalue weighted by Gasteiger charge is 2.14. The number of hydrogen-bond donors (Lipinski definition) is 0. The van der Waals surface area contributed by atoms with Crippen molar-refractivity contribution in [1.82, 2.24) is 0 Å². The lowest BCUT2D eigenvalue weighted by atomic mass is 10.1. The lowest BCUT2D eigenvalue weighted by molar-refractivity contribution is -0.120. The highest BCUT2D eigenvalue weighted by molar-refractivity contribution is 5.96. The van der Waals surface area contributed by atoms with Gasteiger partial charge in [-0.3, -0.25) is 4.79 Å². The molecule has 0 bridgehead atoms. The van der Waals surface area contributed by atoms with Gasteiger partial charge in [0.1, 0.15) is 0 Å². The van der Waals surface area contributed by atoms with Crippen LogP contribution < -0.4 is 4.90 Å². The first-order valence-corrected chi connectivity index (χ1v) is 6.89. The molecule has 0 aliphatic heterocycles. The van der Waals surface area contributed by atoms with E-state index in [2.05, 4.69) is 42.2 Å². The van der Waals surface area contributed by atoms with E-state index in [0.29, 0.717) is 6.54 Å². The van der Waals surface area contributed by atoms with Gasteiger partial charge >= 0.3 is 0 Å². The Labute approximate surface area is 115 Å². The summed E-state index contributed by atoms with van der Waals surface area (Å²) in [5.74, 6) is 0.374. The van der Waals surface area contributed by atoms with Crippen LogP contribution in [0.4, 0.5) is 5.69 Å². The van der Waals surface area contributed by atoms with Crippen molar-refractivity contribution in [3.05, 3.63) is 42.5 Å². The van der Waals surface area contributed by atoms with Crippen molar-refractivity contribution in [3.63, 3.8) is 0 Å². The predicted molar refractivity (Wildman–Crippen MR) is 81.7 cm³/mol. The van der Waals surface area contributed by atoms with Crippen molar-refractivity contribution in [2.75, 3.05) is 18.0 Å². The SMILES string of the molecule is CCN(CC(=O)C(C)C)c1cccc2ccccc12. The maximum Gasteiger partial charge on any atom is 0.154 e. The molecule has 2 aromatic rings. The van der Waals surface area contributed by atoms with E-state index in [4.69, 9.17) is 0 Å². The average Bonchev–Trinajstić information content (AvgIpc) is 2.44. The Balaban J connectivity index is 2.38. The van der Waals surface area contributed by atoms with Crippen LogP contribution in [-0.2, 0) is 4.79 Å². The molecule has 2 aromatic carbocycles. The number of rotatable bonds is 5. The summed E-state index contributed by atoms with van der Waals surface area (Å²) < 4.78 is 0. The van der Waals surface area contributed by atoms with Crippen LogP contribution in [0.5, 0.6) is 0 Å². The maximum atomic E-state index is 12.0. The number of hydrogen-bond acceptors (Lipinski definition) is 2. The summed E-state index contributed by atoms with van der Waals surface area (Å²) in [6, 6.07) is 14.6. The van der Waals surface area contributed by atoms with Crippen LogP contribution >= 0.6 is 0 Å². The average molecular weight is 255 g/mol. The number of carbonyl (C=O) groups excluding carboxylic acids is 1. The quantitative estimate of drug-likeness (QED) is 0.807. The van der Waals surface area contributed by atoms with Gasteiger partial charge in [0, 0.05) is 23.5 Å². The third kappa shape index (κ3) is 2.95. The van der Waals surface area contributed by atoms with Crippen LogP contribution in [-0.4, -0.2) is 18.9 Å². The first-order valence-electron chi connectivity index (χ1n) is 6.89. The second kappa shape index (κ2) is 5.87. The van der Waals surface area contributed by atoms with Gasteiger partial charge in [0.25, 0.3) is 0 Å². The van der Waals surface area contributed by atoms with E-state index >= 15 is 0 Å². The molecule has 0 aliphatic rings. The summed E-state index contributed by atoms with van der Waals surface area (Å²) in [4.78, 5) is 14.1. The van der Waals surface area contributed by atoms with Gasteiger partial charge in [-0.2, -0.15) is 0 Å².